The van der Waals surface area contributed by atoms with Gasteiger partial charge in [0, 0.05) is 17.9 Å². The third-order valence-corrected chi connectivity index (χ3v) is 4.95. The van der Waals surface area contributed by atoms with Gasteiger partial charge in [-0.2, -0.15) is 18.4 Å². The van der Waals surface area contributed by atoms with E-state index in [1.54, 1.807) is 11.0 Å². The number of alkyl halides is 3. The van der Waals surface area contributed by atoms with Gasteiger partial charge in [-0.1, -0.05) is 6.07 Å². The average Bonchev–Trinajstić information content (AvgIpc) is 2.67. The summed E-state index contributed by atoms with van der Waals surface area (Å²) in [6, 6.07) is 8.56. The Hall–Kier alpha value is -3.12. The molecule has 30 heavy (non-hydrogen) atoms. The van der Waals surface area contributed by atoms with Crippen LogP contribution in [0.15, 0.2) is 36.4 Å². The molecule has 0 radical (unpaired) electrons. The van der Waals surface area contributed by atoms with Crippen LogP contribution < -0.4 is 10.2 Å². The fraction of sp³-hybridized carbons (Fsp3) is 0.333. The highest BCUT2D eigenvalue weighted by Crippen LogP contribution is 2.34. The van der Waals surface area contributed by atoms with Crippen molar-refractivity contribution in [1.82, 2.24) is 0 Å². The predicted octanol–water partition coefficient (Wildman–Crippen LogP) is 3.86. The van der Waals surface area contributed by atoms with Gasteiger partial charge in [0.25, 0.3) is 5.91 Å². The Morgan fingerprint density at radius 2 is 2.00 bits per heavy atom. The zero-order valence-corrected chi connectivity index (χ0v) is 16.1. The minimum absolute atomic E-state index is 0.169. The lowest BCUT2D eigenvalue weighted by atomic mass is 9.98. The molecule has 1 atom stereocenters. The van der Waals surface area contributed by atoms with Gasteiger partial charge >= 0.3 is 6.18 Å². The van der Waals surface area contributed by atoms with Gasteiger partial charge in [-0.25, -0.2) is 4.39 Å². The van der Waals surface area contributed by atoms with Crippen molar-refractivity contribution >= 4 is 17.3 Å². The smallest absolute Gasteiger partial charge is 0.378 e. The van der Waals surface area contributed by atoms with Crippen molar-refractivity contribution in [2.24, 2.45) is 0 Å². The molecule has 1 amide bonds. The minimum Gasteiger partial charge on any atom is -0.378 e. The van der Waals surface area contributed by atoms with Crippen molar-refractivity contribution in [3.8, 4) is 6.07 Å². The molecule has 1 aliphatic heterocycles. The second kappa shape index (κ2) is 7.95. The maximum absolute atomic E-state index is 13.7. The first kappa shape index (κ1) is 21.6. The van der Waals surface area contributed by atoms with Crippen LogP contribution in [-0.4, -0.2) is 29.7 Å². The van der Waals surface area contributed by atoms with Crippen molar-refractivity contribution in [2.45, 2.75) is 31.5 Å². The van der Waals surface area contributed by atoms with Crippen LogP contribution in [0.3, 0.4) is 0 Å². The van der Waals surface area contributed by atoms with E-state index < -0.39 is 34.6 Å². The third-order valence-electron chi connectivity index (χ3n) is 4.95. The molecule has 0 saturated heterocycles. The van der Waals surface area contributed by atoms with Crippen LogP contribution >= 0.6 is 0 Å². The zero-order chi connectivity index (χ0) is 22.1. The number of anilines is 2. The second-order valence-electron chi connectivity index (χ2n) is 7.40. The summed E-state index contributed by atoms with van der Waals surface area (Å²) in [4.78, 5) is 14.3. The number of hydrogen-bond acceptors (Lipinski definition) is 4. The normalized spacial score (nSPS) is 15.7. The molecule has 0 aromatic heterocycles. The molecule has 158 valence electrons. The van der Waals surface area contributed by atoms with E-state index in [1.165, 1.54) is 25.1 Å². The van der Waals surface area contributed by atoms with Gasteiger partial charge in [0.1, 0.15) is 5.82 Å². The number of amides is 1. The zero-order valence-electron chi connectivity index (χ0n) is 16.1. The Morgan fingerprint density at radius 3 is 2.67 bits per heavy atom. The molecule has 0 spiro atoms. The maximum Gasteiger partial charge on any atom is 0.417 e. The first-order chi connectivity index (χ1) is 14.0. The number of nitrogens with zero attached hydrogens (tertiary/aromatic N) is 2. The van der Waals surface area contributed by atoms with E-state index in [1.807, 2.05) is 0 Å². The number of carbonyl (C=O) groups is 1. The number of benzene rings is 2. The lowest BCUT2D eigenvalue weighted by molar-refractivity contribution is -0.138. The fourth-order valence-corrected chi connectivity index (χ4v) is 3.45. The summed E-state index contributed by atoms with van der Waals surface area (Å²) in [5, 5.41) is 21.8. The number of β-amino-alcohol motifs (C(OH)–C–C–N with tert-alkyl or cyclic N) is 1. The molecule has 0 saturated carbocycles. The monoisotopic (exact) mass is 421 g/mol. The van der Waals surface area contributed by atoms with Gasteiger partial charge in [-0.3, -0.25) is 4.79 Å². The van der Waals surface area contributed by atoms with Crippen LogP contribution in [0.2, 0.25) is 0 Å². The molecule has 1 aliphatic rings. The fourth-order valence-electron chi connectivity index (χ4n) is 3.45. The Kier molecular flexibility index (Phi) is 5.72. The van der Waals surface area contributed by atoms with Crippen LogP contribution in [-0.2, 0) is 17.4 Å². The third kappa shape index (κ3) is 4.54. The lowest BCUT2D eigenvalue weighted by Crippen LogP contribution is -2.50. The number of fused-ring (bicyclic) bond motifs is 1. The van der Waals surface area contributed by atoms with E-state index in [-0.39, 0.29) is 12.2 Å². The molecule has 1 unspecified atom stereocenters. The quantitative estimate of drug-likeness (QED) is 0.736. The minimum atomic E-state index is -4.77. The van der Waals surface area contributed by atoms with E-state index in [2.05, 4.69) is 5.32 Å². The van der Waals surface area contributed by atoms with Crippen LogP contribution in [0.1, 0.15) is 30.0 Å². The molecule has 2 aromatic rings. The van der Waals surface area contributed by atoms with Crippen molar-refractivity contribution in [2.75, 3.05) is 23.3 Å². The van der Waals surface area contributed by atoms with E-state index in [0.29, 0.717) is 18.3 Å². The number of nitriles is 1. The van der Waals surface area contributed by atoms with Gasteiger partial charge in [0.2, 0.25) is 0 Å². The van der Waals surface area contributed by atoms with Crippen molar-refractivity contribution < 1.29 is 27.5 Å². The van der Waals surface area contributed by atoms with E-state index in [0.717, 1.165) is 30.5 Å². The molecule has 2 aromatic carbocycles. The van der Waals surface area contributed by atoms with Crippen LogP contribution in [0.25, 0.3) is 0 Å². The van der Waals surface area contributed by atoms with E-state index >= 15 is 0 Å². The Labute approximate surface area is 170 Å². The molecular formula is C21H19F4N3O2. The number of aliphatic hydroxyl groups is 1. The average molecular weight is 421 g/mol. The van der Waals surface area contributed by atoms with Gasteiger partial charge in [-0.05, 0) is 55.7 Å². The van der Waals surface area contributed by atoms with Gasteiger partial charge in [0.05, 0.1) is 23.7 Å². The molecule has 0 fully saturated rings. The van der Waals surface area contributed by atoms with Crippen molar-refractivity contribution in [3.63, 3.8) is 0 Å². The molecule has 9 heteroatoms. The molecule has 2 N–H and O–H groups in total. The molecule has 1 heterocycles. The highest BCUT2D eigenvalue weighted by Gasteiger charge is 2.36. The number of rotatable bonds is 4. The first-order valence-corrected chi connectivity index (χ1v) is 9.20. The molecule has 5 nitrogen and oxygen atoms in total. The van der Waals surface area contributed by atoms with Crippen LogP contribution in [0, 0.1) is 17.1 Å². The number of halogens is 4. The van der Waals surface area contributed by atoms with Gasteiger partial charge in [-0.15, -0.1) is 0 Å². The van der Waals surface area contributed by atoms with Crippen LogP contribution in [0.4, 0.5) is 28.9 Å². The lowest BCUT2D eigenvalue weighted by Gasteiger charge is -2.36. The molecule has 0 bridgehead atoms. The Bertz CT molecular complexity index is 1010. The van der Waals surface area contributed by atoms with Gasteiger partial charge < -0.3 is 15.3 Å². The number of aryl methyl sites for hydroxylation is 1. The summed E-state index contributed by atoms with van der Waals surface area (Å²) in [7, 11) is 0. The second-order valence-corrected chi connectivity index (χ2v) is 7.40. The molecule has 0 aliphatic carbocycles. The van der Waals surface area contributed by atoms with Crippen molar-refractivity contribution in [1.29, 1.82) is 5.26 Å². The topological polar surface area (TPSA) is 76.4 Å². The SMILES string of the molecule is CC(O)(CN1CCCc2ccc(F)cc21)C(=O)Nc1ccc(C#N)c(C(F)(F)F)c1. The number of hydrogen-bond donors (Lipinski definition) is 2. The summed E-state index contributed by atoms with van der Waals surface area (Å²) in [6.07, 6.45) is -3.28. The van der Waals surface area contributed by atoms with Gasteiger partial charge in [0.15, 0.2) is 5.60 Å². The Morgan fingerprint density at radius 1 is 1.27 bits per heavy atom. The summed E-state index contributed by atoms with van der Waals surface area (Å²) in [6.45, 7) is 1.57. The van der Waals surface area contributed by atoms with Crippen LogP contribution in [0.5, 0.6) is 0 Å². The number of carbonyl (C=O) groups excluding carboxylic acids is 1. The largest absolute Gasteiger partial charge is 0.417 e. The summed E-state index contributed by atoms with van der Waals surface area (Å²) in [5.74, 6) is -1.36. The standard InChI is InChI=1S/C21H19F4N3O2/c1-20(30,12-28-8-2-3-13-4-6-15(22)9-18(13)28)19(29)27-16-7-5-14(11-26)17(10-16)21(23,24)25/h4-7,9-10,30H,2-3,8,12H2,1H3,(H,27,29). The highest BCUT2D eigenvalue weighted by atomic mass is 19.4. The van der Waals surface area contributed by atoms with Crippen molar-refractivity contribution in [3.05, 3.63) is 58.9 Å². The molecular weight excluding hydrogens is 402 g/mol. The number of nitrogens with one attached hydrogen (secondary N) is 1. The molecule has 3 rings (SSSR count). The summed E-state index contributed by atoms with van der Waals surface area (Å²) >= 11 is 0. The summed E-state index contributed by atoms with van der Waals surface area (Å²) < 4.78 is 53.0. The first-order valence-electron chi connectivity index (χ1n) is 9.20. The summed E-state index contributed by atoms with van der Waals surface area (Å²) in [5.41, 5.74) is -2.45. The predicted molar refractivity (Wildman–Crippen MR) is 102 cm³/mol. The highest BCUT2D eigenvalue weighted by molar-refractivity contribution is 5.97. The van der Waals surface area contributed by atoms with E-state index in [4.69, 9.17) is 5.26 Å². The van der Waals surface area contributed by atoms with E-state index in [9.17, 15) is 27.5 Å². The Balaban J connectivity index is 1.79. The maximum atomic E-state index is 13.7.